The largest absolute Gasteiger partial charge is 0.481 e. The molecule has 0 heterocycles. The van der Waals surface area contributed by atoms with Crippen LogP contribution in [0.3, 0.4) is 0 Å². The van der Waals surface area contributed by atoms with E-state index in [-0.39, 0.29) is 24.7 Å². The molecule has 0 spiro atoms. The molecule has 0 aromatic heterocycles. The van der Waals surface area contributed by atoms with Crippen molar-refractivity contribution in [3.63, 3.8) is 0 Å². The number of nitrogens with one attached hydrogen (secondary N) is 3. The van der Waals surface area contributed by atoms with Crippen LogP contribution in [0.25, 0.3) is 0 Å². The summed E-state index contributed by atoms with van der Waals surface area (Å²) in [7, 11) is 2.46. The van der Waals surface area contributed by atoms with Crippen molar-refractivity contribution in [2.75, 3.05) is 20.8 Å². The molecule has 14 heteroatoms. The number of rotatable bonds is 17. The Labute approximate surface area is 280 Å². The normalized spacial score (nSPS) is 13.3. The van der Waals surface area contributed by atoms with Crippen molar-refractivity contribution in [2.45, 2.75) is 77.0 Å². The number of carbonyl (C=O) groups excluding carboxylic acids is 4. The monoisotopic (exact) mass is 672 g/mol. The van der Waals surface area contributed by atoms with Crippen molar-refractivity contribution >= 4 is 35.7 Å². The van der Waals surface area contributed by atoms with Crippen molar-refractivity contribution in [3.8, 4) is 0 Å². The van der Waals surface area contributed by atoms with E-state index in [1.807, 2.05) is 48.5 Å². The minimum atomic E-state index is -1.22. The number of hydrogen-bond donors (Lipinski definition) is 6. The number of carboxylic acids is 2. The fourth-order valence-electron chi connectivity index (χ4n) is 4.26. The molecule has 0 saturated heterocycles. The molecule has 14 nitrogen and oxygen atoms in total. The highest BCUT2D eigenvalue weighted by Crippen LogP contribution is 2.17. The molecule has 0 radical (unpaired) electrons. The number of methoxy groups -OCH3 is 2. The number of amides is 2. The summed E-state index contributed by atoms with van der Waals surface area (Å²) in [5.74, 6) is -4.70. The van der Waals surface area contributed by atoms with Gasteiger partial charge in [-0.15, -0.1) is 0 Å². The fourth-order valence-corrected chi connectivity index (χ4v) is 4.26. The summed E-state index contributed by atoms with van der Waals surface area (Å²) in [5.41, 5.74) is 7.21. The van der Waals surface area contributed by atoms with Crippen LogP contribution in [0.1, 0.15) is 51.2 Å². The number of esters is 2. The van der Waals surface area contributed by atoms with Crippen molar-refractivity contribution < 1.29 is 48.5 Å². The summed E-state index contributed by atoms with van der Waals surface area (Å²) in [6.07, 6.45) is 0.404. The molecule has 0 aliphatic heterocycles. The van der Waals surface area contributed by atoms with Crippen molar-refractivity contribution in [1.82, 2.24) is 16.0 Å². The van der Waals surface area contributed by atoms with Crippen LogP contribution < -0.4 is 21.7 Å². The van der Waals surface area contributed by atoms with E-state index in [9.17, 15) is 28.8 Å². The third-order valence-electron chi connectivity index (χ3n) is 6.86. The maximum Gasteiger partial charge on any atom is 0.328 e. The summed E-state index contributed by atoms with van der Waals surface area (Å²) in [6.45, 7) is 6.69. The summed E-state index contributed by atoms with van der Waals surface area (Å²) in [4.78, 5) is 69.8. The number of ether oxygens (including phenoxy) is 2. The highest BCUT2D eigenvalue weighted by atomic mass is 16.5. The fraction of sp³-hybridized carbons (Fsp3) is 0.471. The van der Waals surface area contributed by atoms with Crippen LogP contribution in [-0.2, 0) is 51.1 Å². The molecule has 0 saturated carbocycles. The van der Waals surface area contributed by atoms with E-state index in [0.29, 0.717) is 6.54 Å². The number of carbonyl (C=O) groups is 6. The third kappa shape index (κ3) is 17.2. The standard InChI is InChI=1S/C20H30N2O5.C14H18N2O5/c1-20(2,3)10-11-21-15(13-17(23)24)18(25)22-16(19(26)27-4)12-14-8-6-5-7-9-14;1-21-14(20)11(7-9-5-3-2-4-6-9)16-13(19)10(15)8-12(17)18/h5-9,15-16,21H,10-13H2,1-4H3,(H,22,25)(H,23,24);2-6,10-11H,7-8,15H2,1H3,(H,16,19)(H,17,18)/t15-,16-;/m0./s1. The van der Waals surface area contributed by atoms with Gasteiger partial charge in [-0.25, -0.2) is 9.59 Å². The molecule has 264 valence electrons. The van der Waals surface area contributed by atoms with Crippen LogP contribution >= 0.6 is 0 Å². The molecule has 2 amide bonds. The summed E-state index contributed by atoms with van der Waals surface area (Å²) in [6, 6.07) is 14.3. The first-order valence-corrected chi connectivity index (χ1v) is 15.3. The van der Waals surface area contributed by atoms with Gasteiger partial charge < -0.3 is 41.4 Å². The van der Waals surface area contributed by atoms with Gasteiger partial charge in [0.05, 0.1) is 39.1 Å². The van der Waals surface area contributed by atoms with Crippen LogP contribution in [0.15, 0.2) is 60.7 Å². The van der Waals surface area contributed by atoms with E-state index in [0.717, 1.165) is 17.5 Å². The molecule has 7 N–H and O–H groups in total. The van der Waals surface area contributed by atoms with Gasteiger partial charge in [0.1, 0.15) is 12.1 Å². The first-order valence-electron chi connectivity index (χ1n) is 15.3. The second kappa shape index (κ2) is 21.1. The Morgan fingerprint density at radius 3 is 1.48 bits per heavy atom. The predicted octanol–water partition coefficient (Wildman–Crippen LogP) is 1.44. The van der Waals surface area contributed by atoms with Gasteiger partial charge >= 0.3 is 23.9 Å². The van der Waals surface area contributed by atoms with Gasteiger partial charge in [0.15, 0.2) is 0 Å². The van der Waals surface area contributed by atoms with Crippen LogP contribution in [0.5, 0.6) is 0 Å². The molecule has 2 rings (SSSR count). The Morgan fingerprint density at radius 2 is 1.10 bits per heavy atom. The molecule has 2 aromatic rings. The lowest BCUT2D eigenvalue weighted by Gasteiger charge is -2.23. The second-order valence-corrected chi connectivity index (χ2v) is 12.2. The van der Waals surface area contributed by atoms with Gasteiger partial charge in [-0.05, 0) is 29.5 Å². The molecule has 48 heavy (non-hydrogen) atoms. The Balaban J connectivity index is 0.000000495. The van der Waals surface area contributed by atoms with Gasteiger partial charge in [-0.2, -0.15) is 0 Å². The quantitative estimate of drug-likeness (QED) is 0.131. The van der Waals surface area contributed by atoms with Gasteiger partial charge in [-0.1, -0.05) is 81.4 Å². The van der Waals surface area contributed by atoms with E-state index in [1.165, 1.54) is 14.2 Å². The lowest BCUT2D eigenvalue weighted by Crippen LogP contribution is -2.52. The molecule has 4 atom stereocenters. The topological polar surface area (TPSA) is 223 Å². The first kappa shape index (κ1) is 41.2. The van der Waals surface area contributed by atoms with Crippen molar-refractivity contribution in [2.24, 2.45) is 11.1 Å². The summed E-state index contributed by atoms with van der Waals surface area (Å²) < 4.78 is 9.42. The van der Waals surface area contributed by atoms with E-state index in [1.54, 1.807) is 12.1 Å². The number of nitrogens with two attached hydrogens (primary N) is 1. The van der Waals surface area contributed by atoms with Gasteiger partial charge in [0, 0.05) is 12.8 Å². The highest BCUT2D eigenvalue weighted by molar-refractivity contribution is 5.90. The van der Waals surface area contributed by atoms with E-state index in [4.69, 9.17) is 20.7 Å². The van der Waals surface area contributed by atoms with Crippen LogP contribution in [-0.4, -0.2) is 90.8 Å². The SMILES string of the molecule is COC(=O)C(Cc1ccccc1)NC(=O)C(N)CC(=O)O.COC(=O)[C@H](Cc1ccccc1)NC(=O)[C@H](CC(=O)O)NCCC(C)(C)C. The average molecular weight is 673 g/mol. The molecule has 0 bridgehead atoms. The maximum absolute atomic E-state index is 12.6. The van der Waals surface area contributed by atoms with Crippen LogP contribution in [0.4, 0.5) is 0 Å². The summed E-state index contributed by atoms with van der Waals surface area (Å²) >= 11 is 0. The molecule has 2 unspecified atom stereocenters. The number of benzene rings is 2. The summed E-state index contributed by atoms with van der Waals surface area (Å²) in [5, 5.41) is 25.7. The lowest BCUT2D eigenvalue weighted by molar-refractivity contribution is -0.146. The molecule has 0 fully saturated rings. The maximum atomic E-state index is 12.6. The first-order chi connectivity index (χ1) is 22.6. The van der Waals surface area contributed by atoms with Gasteiger partial charge in [0.25, 0.3) is 0 Å². The molecule has 0 aliphatic rings. The zero-order valence-electron chi connectivity index (χ0n) is 28.1. The molecule has 2 aromatic carbocycles. The van der Waals surface area contributed by atoms with E-state index >= 15 is 0 Å². The average Bonchev–Trinajstić information content (AvgIpc) is 3.03. The Hall–Kier alpha value is -4.82. The molecular formula is C34H48N4O10. The minimum Gasteiger partial charge on any atom is -0.481 e. The van der Waals surface area contributed by atoms with Crippen molar-refractivity contribution in [1.29, 1.82) is 0 Å². The van der Waals surface area contributed by atoms with Gasteiger partial charge in [-0.3, -0.25) is 19.2 Å². The zero-order chi connectivity index (χ0) is 36.3. The number of carboxylic acid groups (broad SMARTS) is 2. The van der Waals surface area contributed by atoms with Crippen LogP contribution in [0, 0.1) is 5.41 Å². The third-order valence-corrected chi connectivity index (χ3v) is 6.86. The lowest BCUT2D eigenvalue weighted by atomic mass is 9.92. The number of hydrogen-bond acceptors (Lipinski definition) is 10. The minimum absolute atomic E-state index is 0.0547. The zero-order valence-corrected chi connectivity index (χ0v) is 28.1. The van der Waals surface area contributed by atoms with E-state index < -0.39 is 66.3 Å². The Kier molecular flexibility index (Phi) is 18.1. The second-order valence-electron chi connectivity index (χ2n) is 12.2. The smallest absolute Gasteiger partial charge is 0.328 e. The number of aliphatic carboxylic acids is 2. The van der Waals surface area contributed by atoms with Gasteiger partial charge in [0.2, 0.25) is 11.8 Å². The highest BCUT2D eigenvalue weighted by Gasteiger charge is 2.28. The Bertz CT molecular complexity index is 1330. The van der Waals surface area contributed by atoms with E-state index in [2.05, 4.69) is 41.5 Å². The van der Waals surface area contributed by atoms with Crippen molar-refractivity contribution in [3.05, 3.63) is 71.8 Å². The predicted molar refractivity (Wildman–Crippen MR) is 177 cm³/mol. The molecule has 0 aliphatic carbocycles. The molecular weight excluding hydrogens is 624 g/mol. The van der Waals surface area contributed by atoms with Crippen LogP contribution in [0.2, 0.25) is 0 Å². The Morgan fingerprint density at radius 1 is 0.688 bits per heavy atom.